The molecule has 0 N–H and O–H groups in total. The van der Waals surface area contributed by atoms with E-state index in [0.29, 0.717) is 24.4 Å². The smallest absolute Gasteiger partial charge is 0.343 e. The molecular formula is C21H21FN4O4. The summed E-state index contributed by atoms with van der Waals surface area (Å²) in [6, 6.07) is 7.85. The lowest BCUT2D eigenvalue weighted by Gasteiger charge is -2.25. The summed E-state index contributed by atoms with van der Waals surface area (Å²) in [5.74, 6) is -0.647. The van der Waals surface area contributed by atoms with Crippen molar-refractivity contribution in [2.45, 2.75) is 32.4 Å². The van der Waals surface area contributed by atoms with Crippen LogP contribution < -0.4 is 4.90 Å². The second-order valence-corrected chi connectivity index (χ2v) is 7.02. The summed E-state index contributed by atoms with van der Waals surface area (Å²) in [5, 5.41) is 4.15. The third-order valence-electron chi connectivity index (χ3n) is 4.97. The maximum atomic E-state index is 13.9. The van der Waals surface area contributed by atoms with E-state index in [2.05, 4.69) is 10.1 Å². The first-order valence-electron chi connectivity index (χ1n) is 9.67. The van der Waals surface area contributed by atoms with Gasteiger partial charge in [0.25, 0.3) is 0 Å². The fourth-order valence-electron chi connectivity index (χ4n) is 3.77. The number of hydrogen-bond donors (Lipinski definition) is 0. The molecule has 0 spiro atoms. The summed E-state index contributed by atoms with van der Waals surface area (Å²) in [7, 11) is 0. The van der Waals surface area contributed by atoms with Gasteiger partial charge in [0.15, 0.2) is 5.65 Å². The molecular weight excluding hydrogens is 391 g/mol. The van der Waals surface area contributed by atoms with Crippen molar-refractivity contribution in [3.8, 4) is 0 Å². The second kappa shape index (κ2) is 8.10. The van der Waals surface area contributed by atoms with E-state index in [1.54, 1.807) is 25.3 Å². The van der Waals surface area contributed by atoms with Gasteiger partial charge in [0.05, 0.1) is 25.4 Å². The summed E-state index contributed by atoms with van der Waals surface area (Å²) in [4.78, 5) is 30.3. The van der Waals surface area contributed by atoms with Gasteiger partial charge in [-0.25, -0.2) is 18.7 Å². The van der Waals surface area contributed by atoms with Gasteiger partial charge in [-0.3, -0.25) is 4.79 Å². The minimum Gasteiger partial charge on any atom is -0.462 e. The highest BCUT2D eigenvalue weighted by atomic mass is 19.1. The third kappa shape index (κ3) is 3.83. The Labute approximate surface area is 172 Å². The highest BCUT2D eigenvalue weighted by Crippen LogP contribution is 2.37. The summed E-state index contributed by atoms with van der Waals surface area (Å²) < 4.78 is 25.8. The van der Waals surface area contributed by atoms with E-state index in [9.17, 15) is 14.0 Å². The molecule has 9 heteroatoms. The van der Waals surface area contributed by atoms with Gasteiger partial charge >= 0.3 is 11.9 Å². The first-order chi connectivity index (χ1) is 14.5. The molecule has 3 aromatic rings. The zero-order chi connectivity index (χ0) is 21.3. The van der Waals surface area contributed by atoms with Gasteiger partial charge < -0.3 is 14.4 Å². The molecule has 0 radical (unpaired) electrons. The van der Waals surface area contributed by atoms with Crippen LogP contribution in [0.4, 0.5) is 10.2 Å². The van der Waals surface area contributed by atoms with Crippen molar-refractivity contribution in [1.29, 1.82) is 0 Å². The van der Waals surface area contributed by atoms with Crippen LogP contribution in [0.2, 0.25) is 0 Å². The van der Waals surface area contributed by atoms with Crippen molar-refractivity contribution in [2.24, 2.45) is 0 Å². The molecule has 1 aliphatic rings. The lowest BCUT2D eigenvalue weighted by atomic mass is 10.0. The van der Waals surface area contributed by atoms with Crippen molar-refractivity contribution in [2.75, 3.05) is 18.1 Å². The topological polar surface area (TPSA) is 86.0 Å². The van der Waals surface area contributed by atoms with Gasteiger partial charge in [-0.15, -0.1) is 0 Å². The van der Waals surface area contributed by atoms with Gasteiger partial charge in [-0.05, 0) is 30.7 Å². The minimum absolute atomic E-state index is 0.242. The number of carbonyl (C=O) groups excluding carboxylic acids is 2. The standard InChI is InChI=1S/C21H21FN4O4/c1-3-29-21(28)17-11-23-26-8-7-19(24-20(17)26)25-12-16(30-13(2)27)10-18(25)14-5-4-6-15(22)9-14/h4-9,11,16,18H,3,10,12H2,1-2H3. The maximum absolute atomic E-state index is 13.9. The zero-order valence-corrected chi connectivity index (χ0v) is 16.6. The number of rotatable bonds is 5. The second-order valence-electron chi connectivity index (χ2n) is 7.02. The predicted molar refractivity (Wildman–Crippen MR) is 106 cm³/mol. The number of esters is 2. The van der Waals surface area contributed by atoms with E-state index in [4.69, 9.17) is 9.47 Å². The molecule has 2 unspecified atom stereocenters. The number of anilines is 1. The van der Waals surface area contributed by atoms with E-state index in [1.165, 1.54) is 29.8 Å². The predicted octanol–water partition coefficient (Wildman–Crippen LogP) is 2.93. The van der Waals surface area contributed by atoms with Gasteiger partial charge in [-0.1, -0.05) is 12.1 Å². The molecule has 156 valence electrons. The van der Waals surface area contributed by atoms with E-state index >= 15 is 0 Å². The Morgan fingerprint density at radius 1 is 1.30 bits per heavy atom. The minimum atomic E-state index is -0.502. The molecule has 0 bridgehead atoms. The number of halogens is 1. The Balaban J connectivity index is 1.73. The van der Waals surface area contributed by atoms with Crippen molar-refractivity contribution < 1.29 is 23.5 Å². The van der Waals surface area contributed by atoms with Crippen LogP contribution in [0.1, 0.15) is 42.2 Å². The average Bonchev–Trinajstić information content (AvgIpc) is 3.31. The zero-order valence-electron chi connectivity index (χ0n) is 16.6. The van der Waals surface area contributed by atoms with E-state index < -0.39 is 5.97 Å². The van der Waals surface area contributed by atoms with E-state index in [0.717, 1.165) is 5.56 Å². The van der Waals surface area contributed by atoms with Crippen LogP contribution in [-0.2, 0) is 14.3 Å². The molecule has 0 saturated carbocycles. The largest absolute Gasteiger partial charge is 0.462 e. The van der Waals surface area contributed by atoms with Gasteiger partial charge in [0.2, 0.25) is 0 Å². The Morgan fingerprint density at radius 3 is 2.87 bits per heavy atom. The molecule has 0 amide bonds. The van der Waals surface area contributed by atoms with Crippen LogP contribution in [0.5, 0.6) is 0 Å². The Morgan fingerprint density at radius 2 is 2.13 bits per heavy atom. The van der Waals surface area contributed by atoms with Crippen LogP contribution in [-0.4, -0.2) is 45.8 Å². The Kier molecular flexibility index (Phi) is 5.35. The van der Waals surface area contributed by atoms with Crippen molar-refractivity contribution >= 4 is 23.4 Å². The molecule has 1 fully saturated rings. The Hall–Kier alpha value is -3.49. The molecule has 8 nitrogen and oxygen atoms in total. The lowest BCUT2D eigenvalue weighted by Crippen LogP contribution is -2.26. The first kappa shape index (κ1) is 19.8. The molecule has 1 aliphatic heterocycles. The molecule has 2 atom stereocenters. The Bertz CT molecular complexity index is 1100. The highest BCUT2D eigenvalue weighted by Gasteiger charge is 2.36. The third-order valence-corrected chi connectivity index (χ3v) is 4.97. The van der Waals surface area contributed by atoms with Crippen LogP contribution in [0.3, 0.4) is 0 Å². The molecule has 2 aromatic heterocycles. The normalized spacial score (nSPS) is 18.6. The molecule has 4 rings (SSSR count). The highest BCUT2D eigenvalue weighted by molar-refractivity contribution is 5.95. The number of benzene rings is 1. The van der Waals surface area contributed by atoms with E-state index in [1.807, 2.05) is 11.0 Å². The van der Waals surface area contributed by atoms with Gasteiger partial charge in [-0.2, -0.15) is 5.10 Å². The van der Waals surface area contributed by atoms with E-state index in [-0.39, 0.29) is 36.1 Å². The fourth-order valence-corrected chi connectivity index (χ4v) is 3.77. The lowest BCUT2D eigenvalue weighted by molar-refractivity contribution is -0.145. The number of fused-ring (bicyclic) bond motifs is 1. The molecule has 1 saturated heterocycles. The number of ether oxygens (including phenoxy) is 2. The molecule has 0 aliphatic carbocycles. The SMILES string of the molecule is CCOC(=O)c1cnn2ccc(N3CC(OC(C)=O)CC3c3cccc(F)c3)nc12. The quantitative estimate of drug-likeness (QED) is 0.596. The van der Waals surface area contributed by atoms with Crippen LogP contribution in [0.25, 0.3) is 5.65 Å². The summed E-state index contributed by atoms with van der Waals surface area (Å²) in [6.45, 7) is 3.73. The van der Waals surface area contributed by atoms with Gasteiger partial charge in [0.1, 0.15) is 23.3 Å². The molecule has 3 heterocycles. The van der Waals surface area contributed by atoms with Crippen LogP contribution in [0, 0.1) is 5.82 Å². The number of aromatic nitrogens is 3. The van der Waals surface area contributed by atoms with Crippen LogP contribution >= 0.6 is 0 Å². The summed E-state index contributed by atoms with van der Waals surface area (Å²) in [6.07, 6.45) is 3.25. The van der Waals surface area contributed by atoms with Crippen LogP contribution in [0.15, 0.2) is 42.7 Å². The van der Waals surface area contributed by atoms with Crippen molar-refractivity contribution in [3.05, 3.63) is 59.7 Å². The van der Waals surface area contributed by atoms with Crippen molar-refractivity contribution in [1.82, 2.24) is 14.6 Å². The van der Waals surface area contributed by atoms with Crippen molar-refractivity contribution in [3.63, 3.8) is 0 Å². The summed E-state index contributed by atoms with van der Waals surface area (Å²) in [5.41, 5.74) is 1.38. The monoisotopic (exact) mass is 412 g/mol. The first-order valence-corrected chi connectivity index (χ1v) is 9.67. The fraction of sp³-hybridized carbons (Fsp3) is 0.333. The molecule has 1 aromatic carbocycles. The molecule has 30 heavy (non-hydrogen) atoms. The van der Waals surface area contributed by atoms with Gasteiger partial charge in [0, 0.05) is 19.5 Å². The number of hydrogen-bond acceptors (Lipinski definition) is 7. The number of carbonyl (C=O) groups is 2. The average molecular weight is 412 g/mol. The number of nitrogens with zero attached hydrogens (tertiary/aromatic N) is 4. The summed E-state index contributed by atoms with van der Waals surface area (Å²) >= 11 is 0. The maximum Gasteiger partial charge on any atom is 0.343 e.